The Kier molecular flexibility index (Phi) is 6.01. The van der Waals surface area contributed by atoms with Crippen molar-refractivity contribution in [3.63, 3.8) is 0 Å². The Bertz CT molecular complexity index is 406. The second-order valence-corrected chi connectivity index (χ2v) is 5.40. The van der Waals surface area contributed by atoms with E-state index in [-0.39, 0.29) is 12.2 Å². The Labute approximate surface area is 111 Å². The maximum absolute atomic E-state index is 11.1. The van der Waals surface area contributed by atoms with E-state index in [4.69, 9.17) is 14.9 Å². The van der Waals surface area contributed by atoms with Crippen LogP contribution in [0.15, 0.2) is 18.2 Å². The van der Waals surface area contributed by atoms with Gasteiger partial charge in [-0.25, -0.2) is 4.79 Å². The van der Waals surface area contributed by atoms with Gasteiger partial charge in [-0.05, 0) is 24.1 Å². The van der Waals surface area contributed by atoms with Gasteiger partial charge in [0.05, 0.1) is 7.11 Å². The molecule has 0 aromatic heterocycles. The van der Waals surface area contributed by atoms with Gasteiger partial charge in [0.15, 0.2) is 0 Å². The summed E-state index contributed by atoms with van der Waals surface area (Å²) in [4.78, 5) is 11.1. The zero-order chi connectivity index (χ0) is 13.5. The van der Waals surface area contributed by atoms with Gasteiger partial charge in [0.2, 0.25) is 0 Å². The van der Waals surface area contributed by atoms with Crippen molar-refractivity contribution >= 4 is 17.7 Å². The Morgan fingerprint density at radius 3 is 2.78 bits per heavy atom. The summed E-state index contributed by atoms with van der Waals surface area (Å²) in [6.07, 6.45) is 0.743. The Morgan fingerprint density at radius 1 is 1.50 bits per heavy atom. The standard InChI is InChI=1S/C13H18O4S/c1-9(5-6-14)18-8-10-3-4-12(17-2)11(7-10)13(15)16/h3-4,7,9,14H,5-6,8H2,1-2H3,(H,15,16). The number of thioether (sulfide) groups is 1. The average molecular weight is 270 g/mol. The lowest BCUT2D eigenvalue weighted by Gasteiger charge is -2.11. The lowest BCUT2D eigenvalue weighted by Crippen LogP contribution is -2.03. The number of carboxylic acid groups (broad SMARTS) is 1. The number of hydrogen-bond donors (Lipinski definition) is 2. The van der Waals surface area contributed by atoms with E-state index in [0.29, 0.717) is 11.0 Å². The first kappa shape index (κ1) is 14.9. The number of aliphatic hydroxyl groups excluding tert-OH is 1. The van der Waals surface area contributed by atoms with Crippen molar-refractivity contribution in [3.8, 4) is 5.75 Å². The van der Waals surface area contributed by atoms with Gasteiger partial charge in [-0.2, -0.15) is 11.8 Å². The van der Waals surface area contributed by atoms with Crippen LogP contribution in [0.25, 0.3) is 0 Å². The third-order valence-electron chi connectivity index (χ3n) is 2.56. The van der Waals surface area contributed by atoms with Gasteiger partial charge in [-0.15, -0.1) is 0 Å². The monoisotopic (exact) mass is 270 g/mol. The van der Waals surface area contributed by atoms with Crippen LogP contribution in [-0.4, -0.2) is 35.1 Å². The maximum atomic E-state index is 11.1. The fraction of sp³-hybridized carbons (Fsp3) is 0.462. The van der Waals surface area contributed by atoms with Crippen LogP contribution in [0.5, 0.6) is 5.75 Å². The molecule has 0 heterocycles. The fourth-order valence-electron chi connectivity index (χ4n) is 1.52. The number of carboxylic acids is 1. The summed E-state index contributed by atoms with van der Waals surface area (Å²) in [6, 6.07) is 5.18. The lowest BCUT2D eigenvalue weighted by molar-refractivity contribution is 0.0693. The van der Waals surface area contributed by atoms with Crippen molar-refractivity contribution in [1.29, 1.82) is 0 Å². The zero-order valence-corrected chi connectivity index (χ0v) is 11.4. The molecule has 1 unspecified atom stereocenters. The van der Waals surface area contributed by atoms with Crippen LogP contribution in [0.2, 0.25) is 0 Å². The van der Waals surface area contributed by atoms with Crippen molar-refractivity contribution in [1.82, 2.24) is 0 Å². The normalized spacial score (nSPS) is 12.2. The third kappa shape index (κ3) is 4.23. The van der Waals surface area contributed by atoms with Crippen LogP contribution in [0.3, 0.4) is 0 Å². The van der Waals surface area contributed by atoms with E-state index in [1.54, 1.807) is 23.9 Å². The van der Waals surface area contributed by atoms with Gasteiger partial charge >= 0.3 is 5.97 Å². The topological polar surface area (TPSA) is 66.8 Å². The first-order chi connectivity index (χ1) is 8.58. The lowest BCUT2D eigenvalue weighted by atomic mass is 10.1. The molecule has 4 nitrogen and oxygen atoms in total. The first-order valence-electron chi connectivity index (χ1n) is 5.71. The van der Waals surface area contributed by atoms with Crippen LogP contribution < -0.4 is 4.74 Å². The minimum absolute atomic E-state index is 0.178. The molecule has 0 saturated carbocycles. The second kappa shape index (κ2) is 7.28. The molecule has 0 bridgehead atoms. The molecule has 1 aromatic carbocycles. The highest BCUT2D eigenvalue weighted by atomic mass is 32.2. The van der Waals surface area contributed by atoms with Crippen molar-refractivity contribution in [3.05, 3.63) is 29.3 Å². The van der Waals surface area contributed by atoms with Gasteiger partial charge in [0.1, 0.15) is 11.3 Å². The van der Waals surface area contributed by atoms with Gasteiger partial charge < -0.3 is 14.9 Å². The summed E-state index contributed by atoms with van der Waals surface area (Å²) in [5, 5.41) is 18.2. The third-order valence-corrected chi connectivity index (χ3v) is 3.87. The molecular formula is C13H18O4S. The fourth-order valence-corrected chi connectivity index (χ4v) is 2.44. The van der Waals surface area contributed by atoms with Crippen molar-refractivity contribution in [2.24, 2.45) is 0 Å². The number of rotatable bonds is 7. The summed E-state index contributed by atoms with van der Waals surface area (Å²) >= 11 is 1.69. The molecule has 2 N–H and O–H groups in total. The number of carbonyl (C=O) groups is 1. The summed E-state index contributed by atoms with van der Waals surface area (Å²) in [5.41, 5.74) is 1.13. The average Bonchev–Trinajstić information content (AvgIpc) is 2.36. The molecule has 0 saturated heterocycles. The van der Waals surface area contributed by atoms with E-state index in [0.717, 1.165) is 17.7 Å². The van der Waals surface area contributed by atoms with Gasteiger partial charge in [-0.3, -0.25) is 0 Å². The van der Waals surface area contributed by atoms with Crippen LogP contribution in [0, 0.1) is 0 Å². The molecule has 5 heteroatoms. The van der Waals surface area contributed by atoms with E-state index < -0.39 is 5.97 Å². The number of aliphatic hydroxyl groups is 1. The summed E-state index contributed by atoms with van der Waals surface area (Å²) in [6.45, 7) is 2.22. The molecule has 0 aliphatic heterocycles. The Hall–Kier alpha value is -1.20. The molecule has 0 aliphatic rings. The molecule has 1 rings (SSSR count). The number of benzene rings is 1. The predicted molar refractivity (Wildman–Crippen MR) is 72.4 cm³/mol. The van der Waals surface area contributed by atoms with E-state index in [9.17, 15) is 4.79 Å². The minimum Gasteiger partial charge on any atom is -0.496 e. The smallest absolute Gasteiger partial charge is 0.339 e. The molecular weight excluding hydrogens is 252 g/mol. The molecule has 18 heavy (non-hydrogen) atoms. The van der Waals surface area contributed by atoms with Gasteiger partial charge in [0, 0.05) is 17.6 Å². The van der Waals surface area contributed by atoms with E-state index in [2.05, 4.69) is 0 Å². The molecule has 100 valence electrons. The number of ether oxygens (including phenoxy) is 1. The molecule has 0 aliphatic carbocycles. The highest BCUT2D eigenvalue weighted by molar-refractivity contribution is 7.99. The first-order valence-corrected chi connectivity index (χ1v) is 6.76. The summed E-state index contributed by atoms with van der Waals surface area (Å²) in [7, 11) is 1.46. The van der Waals surface area contributed by atoms with E-state index in [1.165, 1.54) is 7.11 Å². The van der Waals surface area contributed by atoms with E-state index >= 15 is 0 Å². The van der Waals surface area contributed by atoms with Crippen molar-refractivity contribution < 1.29 is 19.7 Å². The maximum Gasteiger partial charge on any atom is 0.339 e. The SMILES string of the molecule is COc1ccc(CSC(C)CCO)cc1C(=O)O. The largest absolute Gasteiger partial charge is 0.496 e. The van der Waals surface area contributed by atoms with Crippen LogP contribution >= 0.6 is 11.8 Å². The number of methoxy groups -OCH3 is 1. The Morgan fingerprint density at radius 2 is 2.22 bits per heavy atom. The highest BCUT2D eigenvalue weighted by Crippen LogP contribution is 2.24. The summed E-state index contributed by atoms with van der Waals surface area (Å²) in [5.74, 6) is 0.118. The van der Waals surface area contributed by atoms with Gasteiger partial charge in [0.25, 0.3) is 0 Å². The minimum atomic E-state index is -0.984. The molecule has 0 amide bonds. The molecule has 0 fully saturated rings. The summed E-state index contributed by atoms with van der Waals surface area (Å²) < 4.78 is 5.01. The molecule has 1 aromatic rings. The van der Waals surface area contributed by atoms with Gasteiger partial charge in [-0.1, -0.05) is 13.0 Å². The Balaban J connectivity index is 2.73. The van der Waals surface area contributed by atoms with Crippen molar-refractivity contribution in [2.75, 3.05) is 13.7 Å². The number of aromatic carboxylic acids is 1. The zero-order valence-electron chi connectivity index (χ0n) is 10.5. The number of hydrogen-bond acceptors (Lipinski definition) is 4. The molecule has 1 atom stereocenters. The quantitative estimate of drug-likeness (QED) is 0.796. The second-order valence-electron chi connectivity index (χ2n) is 3.97. The predicted octanol–water partition coefficient (Wildman–Crippen LogP) is 2.40. The molecule has 0 radical (unpaired) electrons. The van der Waals surface area contributed by atoms with Crippen LogP contribution in [-0.2, 0) is 5.75 Å². The highest BCUT2D eigenvalue weighted by Gasteiger charge is 2.12. The molecule has 0 spiro atoms. The van der Waals surface area contributed by atoms with Crippen LogP contribution in [0.4, 0.5) is 0 Å². The van der Waals surface area contributed by atoms with Crippen molar-refractivity contribution in [2.45, 2.75) is 24.3 Å². The van der Waals surface area contributed by atoms with Crippen LogP contribution in [0.1, 0.15) is 29.3 Å². The van der Waals surface area contributed by atoms with E-state index in [1.807, 2.05) is 13.0 Å².